The number of hydrogen-bond donors (Lipinski definition) is 2. The maximum Gasteiger partial charge on any atom is 0.225 e. The number of carbonyl (C=O) groups is 1. The van der Waals surface area contributed by atoms with Gasteiger partial charge in [0.1, 0.15) is 0 Å². The number of nitrogens with one attached hydrogen (secondary N) is 2. The van der Waals surface area contributed by atoms with Crippen molar-refractivity contribution in [3.8, 4) is 0 Å². The Bertz CT molecular complexity index is 983. The summed E-state index contributed by atoms with van der Waals surface area (Å²) >= 11 is 0. The monoisotopic (exact) mass is 360 g/mol. The molecule has 5 nitrogen and oxygen atoms in total. The maximum atomic E-state index is 12.4. The van der Waals surface area contributed by atoms with E-state index in [2.05, 4.69) is 63.5 Å². The lowest BCUT2D eigenvalue weighted by molar-refractivity contribution is -0.116. The number of fused-ring (bicyclic) bond motifs is 3. The Morgan fingerprint density at radius 2 is 1.70 bits per heavy atom. The van der Waals surface area contributed by atoms with Crippen LogP contribution >= 0.6 is 0 Å². The summed E-state index contributed by atoms with van der Waals surface area (Å²) in [6.45, 7) is 4.33. The van der Waals surface area contributed by atoms with Gasteiger partial charge in [0.05, 0.1) is 5.69 Å². The number of hydrogen-bond acceptors (Lipinski definition) is 3. The maximum absolute atomic E-state index is 12.4. The van der Waals surface area contributed by atoms with Gasteiger partial charge >= 0.3 is 0 Å². The first-order valence-corrected chi connectivity index (χ1v) is 9.63. The van der Waals surface area contributed by atoms with Crippen molar-refractivity contribution in [1.29, 1.82) is 0 Å². The molecule has 1 saturated heterocycles. The zero-order chi connectivity index (χ0) is 18.4. The number of nitrogens with zero attached hydrogens (tertiary/aromatic N) is 2. The number of aromatic nitrogens is 1. The number of piperazine rings is 1. The van der Waals surface area contributed by atoms with Crippen LogP contribution in [-0.2, 0) is 4.79 Å². The zero-order valence-corrected chi connectivity index (χ0v) is 15.5. The molecule has 0 spiro atoms. The van der Waals surface area contributed by atoms with E-state index in [1.165, 1.54) is 11.3 Å². The van der Waals surface area contributed by atoms with Crippen LogP contribution < -0.4 is 10.2 Å². The van der Waals surface area contributed by atoms with Gasteiger partial charge in [-0.2, -0.15) is 0 Å². The van der Waals surface area contributed by atoms with Gasteiger partial charge in [-0.15, -0.1) is 0 Å². The van der Waals surface area contributed by atoms with E-state index in [1.807, 2.05) is 12.1 Å². The summed E-state index contributed by atoms with van der Waals surface area (Å²) in [5.41, 5.74) is 5.58. The summed E-state index contributed by atoms with van der Waals surface area (Å²) in [6, 6.07) is 16.9. The van der Waals surface area contributed by atoms with E-state index in [0.717, 1.165) is 48.5 Å². The second-order valence-corrected chi connectivity index (χ2v) is 7.65. The van der Waals surface area contributed by atoms with Crippen LogP contribution in [0.3, 0.4) is 0 Å². The van der Waals surface area contributed by atoms with E-state index < -0.39 is 0 Å². The Morgan fingerprint density at radius 3 is 2.48 bits per heavy atom. The molecule has 138 valence electrons. The number of benzene rings is 2. The molecular weight excluding hydrogens is 336 g/mol. The minimum Gasteiger partial charge on any atom is -0.369 e. The number of amides is 1. The Balaban J connectivity index is 1.47. The molecule has 3 heterocycles. The molecule has 0 radical (unpaired) electrons. The summed E-state index contributed by atoms with van der Waals surface area (Å²) in [4.78, 5) is 20.7. The van der Waals surface area contributed by atoms with Crippen molar-refractivity contribution in [3.63, 3.8) is 0 Å². The van der Waals surface area contributed by atoms with E-state index in [-0.39, 0.29) is 11.8 Å². The van der Waals surface area contributed by atoms with Gasteiger partial charge < -0.3 is 20.1 Å². The van der Waals surface area contributed by atoms with Crippen molar-refractivity contribution >= 4 is 28.2 Å². The van der Waals surface area contributed by atoms with Crippen LogP contribution in [-0.4, -0.2) is 49.0 Å². The molecule has 0 bridgehead atoms. The summed E-state index contributed by atoms with van der Waals surface area (Å²) in [5, 5.41) is 4.15. The molecule has 1 aromatic heterocycles. The van der Waals surface area contributed by atoms with Crippen LogP contribution in [0.2, 0.25) is 0 Å². The third-order valence-electron chi connectivity index (χ3n) is 5.90. The van der Waals surface area contributed by atoms with Crippen molar-refractivity contribution in [1.82, 2.24) is 9.88 Å². The number of rotatable bonds is 2. The van der Waals surface area contributed by atoms with Gasteiger partial charge in [-0.3, -0.25) is 4.79 Å². The minimum atomic E-state index is 0.0719. The van der Waals surface area contributed by atoms with Gasteiger partial charge in [0.15, 0.2) is 0 Å². The number of carbonyl (C=O) groups excluding carboxylic acids is 1. The molecule has 5 heteroatoms. The average molecular weight is 360 g/mol. The minimum absolute atomic E-state index is 0.0719. The highest BCUT2D eigenvalue weighted by molar-refractivity contribution is 6.05. The summed E-state index contributed by atoms with van der Waals surface area (Å²) in [6.07, 6.45) is 0.480. The number of anilines is 2. The van der Waals surface area contributed by atoms with Crippen LogP contribution in [0, 0.1) is 0 Å². The highest BCUT2D eigenvalue weighted by Crippen LogP contribution is 2.41. The molecule has 1 unspecified atom stereocenters. The Labute approximate surface area is 159 Å². The summed E-state index contributed by atoms with van der Waals surface area (Å²) in [5.74, 6) is 0.156. The van der Waals surface area contributed by atoms with Crippen molar-refractivity contribution < 1.29 is 4.79 Å². The third kappa shape index (κ3) is 2.88. The smallest absolute Gasteiger partial charge is 0.225 e. The first-order valence-electron chi connectivity index (χ1n) is 9.63. The van der Waals surface area contributed by atoms with Crippen molar-refractivity contribution in [2.75, 3.05) is 43.4 Å². The second-order valence-electron chi connectivity index (χ2n) is 7.65. The Hall–Kier alpha value is -2.79. The quantitative estimate of drug-likeness (QED) is 0.736. The van der Waals surface area contributed by atoms with Crippen LogP contribution in [0.15, 0.2) is 48.5 Å². The predicted molar refractivity (Wildman–Crippen MR) is 110 cm³/mol. The first-order chi connectivity index (χ1) is 13.2. The van der Waals surface area contributed by atoms with Gasteiger partial charge in [-0.25, -0.2) is 0 Å². The molecule has 2 aliphatic rings. The van der Waals surface area contributed by atoms with E-state index in [9.17, 15) is 4.79 Å². The molecule has 0 aliphatic carbocycles. The van der Waals surface area contributed by atoms with Crippen LogP contribution in [0.5, 0.6) is 0 Å². The molecule has 3 aromatic rings. The van der Waals surface area contributed by atoms with Gasteiger partial charge in [0.2, 0.25) is 5.91 Å². The molecule has 2 N–H and O–H groups in total. The van der Waals surface area contributed by atoms with E-state index in [0.29, 0.717) is 6.42 Å². The van der Waals surface area contributed by atoms with Gasteiger partial charge in [0, 0.05) is 60.8 Å². The topological polar surface area (TPSA) is 51.4 Å². The fourth-order valence-electron chi connectivity index (χ4n) is 4.30. The lowest BCUT2D eigenvalue weighted by Gasteiger charge is -2.34. The fourth-order valence-corrected chi connectivity index (χ4v) is 4.30. The van der Waals surface area contributed by atoms with Crippen molar-refractivity contribution in [2.45, 2.75) is 12.3 Å². The fraction of sp³-hybridized carbons (Fsp3) is 0.318. The van der Waals surface area contributed by atoms with Crippen molar-refractivity contribution in [3.05, 3.63) is 59.8 Å². The molecule has 2 aliphatic heterocycles. The molecule has 1 fully saturated rings. The molecule has 1 amide bonds. The Kier molecular flexibility index (Phi) is 3.90. The molecule has 0 saturated carbocycles. The van der Waals surface area contributed by atoms with Crippen LogP contribution in [0.1, 0.15) is 23.6 Å². The van der Waals surface area contributed by atoms with Gasteiger partial charge in [0.25, 0.3) is 0 Å². The lowest BCUT2D eigenvalue weighted by atomic mass is 9.88. The predicted octanol–water partition coefficient (Wildman–Crippen LogP) is 3.39. The molecular formula is C22H24N4O. The SMILES string of the molecule is CN1CCN(c2ccc(C3CC(=O)Nc4c3[nH]c3ccccc43)cc2)CC1. The highest BCUT2D eigenvalue weighted by Gasteiger charge is 2.29. The third-order valence-corrected chi connectivity index (χ3v) is 5.90. The number of aromatic amines is 1. The number of H-pyrrole nitrogens is 1. The molecule has 1 atom stereocenters. The average Bonchev–Trinajstić information content (AvgIpc) is 3.07. The standard InChI is InChI=1S/C22H24N4O/c1-25-10-12-26(13-11-25)16-8-6-15(7-9-16)18-14-20(27)24-21-17-4-2-3-5-19(17)23-22(18)21/h2-9,18,23H,10-14H2,1H3,(H,24,27). The number of likely N-dealkylation sites (N-methyl/N-ethyl adjacent to an activating group) is 1. The second kappa shape index (κ2) is 6.43. The van der Waals surface area contributed by atoms with Gasteiger partial charge in [-0.1, -0.05) is 30.3 Å². The Morgan fingerprint density at radius 1 is 0.963 bits per heavy atom. The molecule has 27 heavy (non-hydrogen) atoms. The zero-order valence-electron chi connectivity index (χ0n) is 15.5. The van der Waals surface area contributed by atoms with E-state index in [4.69, 9.17) is 0 Å². The summed E-state index contributed by atoms with van der Waals surface area (Å²) < 4.78 is 0. The molecule has 5 rings (SSSR count). The van der Waals surface area contributed by atoms with E-state index in [1.54, 1.807) is 0 Å². The first kappa shape index (κ1) is 16.4. The van der Waals surface area contributed by atoms with Gasteiger partial charge in [-0.05, 0) is 30.8 Å². The normalized spacial score (nSPS) is 20.6. The van der Waals surface area contributed by atoms with Crippen molar-refractivity contribution in [2.24, 2.45) is 0 Å². The summed E-state index contributed by atoms with van der Waals surface area (Å²) in [7, 11) is 2.17. The lowest BCUT2D eigenvalue weighted by Crippen LogP contribution is -2.44. The van der Waals surface area contributed by atoms with Crippen LogP contribution in [0.25, 0.3) is 10.9 Å². The largest absolute Gasteiger partial charge is 0.369 e. The number of para-hydroxylation sites is 1. The van der Waals surface area contributed by atoms with Crippen LogP contribution in [0.4, 0.5) is 11.4 Å². The highest BCUT2D eigenvalue weighted by atomic mass is 16.1. The van der Waals surface area contributed by atoms with E-state index >= 15 is 0 Å². The molecule has 2 aromatic carbocycles.